The molecule has 0 aliphatic heterocycles. The zero-order valence-electron chi connectivity index (χ0n) is 9.44. The molecule has 0 bridgehead atoms. The summed E-state index contributed by atoms with van der Waals surface area (Å²) in [6.07, 6.45) is 1.57. The van der Waals surface area contributed by atoms with E-state index >= 15 is 0 Å². The van der Waals surface area contributed by atoms with E-state index in [2.05, 4.69) is 10.2 Å². The molecular weight excluding hydrogens is 274 g/mol. The molecule has 1 aromatic carbocycles. The molecule has 0 fully saturated rings. The lowest BCUT2D eigenvalue weighted by Crippen LogP contribution is -2.12. The van der Waals surface area contributed by atoms with Crippen molar-refractivity contribution in [1.29, 1.82) is 0 Å². The second-order valence-corrected chi connectivity index (χ2v) is 6.14. The first-order valence-corrected chi connectivity index (χ1v) is 7.18. The topological polar surface area (TPSA) is 117 Å². The van der Waals surface area contributed by atoms with Gasteiger partial charge in [-0.05, 0) is 30.0 Å². The molecule has 1 aromatic heterocycles. The smallest absolute Gasteiger partial charge is 0.238 e. The van der Waals surface area contributed by atoms with Crippen molar-refractivity contribution in [2.24, 2.45) is 12.2 Å². The van der Waals surface area contributed by atoms with Gasteiger partial charge in [0.1, 0.15) is 6.33 Å². The number of nitrogens with two attached hydrogens (primary N) is 2. The van der Waals surface area contributed by atoms with E-state index in [1.54, 1.807) is 24.0 Å². The van der Waals surface area contributed by atoms with Crippen LogP contribution in [0.1, 0.15) is 0 Å². The molecule has 0 radical (unpaired) electrons. The van der Waals surface area contributed by atoms with E-state index in [1.165, 1.54) is 23.9 Å². The number of hydrogen-bond acceptors (Lipinski definition) is 6. The van der Waals surface area contributed by atoms with E-state index in [0.717, 1.165) is 0 Å². The van der Waals surface area contributed by atoms with Crippen molar-refractivity contribution in [3.05, 3.63) is 24.5 Å². The summed E-state index contributed by atoms with van der Waals surface area (Å²) in [4.78, 5) is 0.681. The Morgan fingerprint density at radius 1 is 1.39 bits per heavy atom. The average Bonchev–Trinajstić information content (AvgIpc) is 2.66. The van der Waals surface area contributed by atoms with Crippen molar-refractivity contribution in [3.8, 4) is 0 Å². The van der Waals surface area contributed by atoms with E-state index in [1.807, 2.05) is 0 Å². The predicted octanol–water partition coefficient (Wildman–Crippen LogP) is 0.196. The number of nitrogens with zero attached hydrogens (tertiary/aromatic N) is 3. The van der Waals surface area contributed by atoms with Gasteiger partial charge in [-0.3, -0.25) is 0 Å². The highest BCUT2D eigenvalue weighted by Crippen LogP contribution is 2.31. The van der Waals surface area contributed by atoms with Gasteiger partial charge in [0.25, 0.3) is 0 Å². The zero-order valence-corrected chi connectivity index (χ0v) is 11.1. The minimum Gasteiger partial charge on any atom is -0.398 e. The molecule has 0 amide bonds. The SMILES string of the molecule is Cn1cnnc1Sc1ccc(S(N)(=O)=O)cc1N. The molecule has 0 unspecified atom stereocenters. The Morgan fingerprint density at radius 3 is 2.61 bits per heavy atom. The molecule has 96 valence electrons. The lowest BCUT2D eigenvalue weighted by molar-refractivity contribution is 0.598. The predicted molar refractivity (Wildman–Crippen MR) is 67.4 cm³/mol. The van der Waals surface area contributed by atoms with E-state index in [0.29, 0.717) is 15.7 Å². The number of nitrogen functional groups attached to an aromatic ring is 1. The van der Waals surface area contributed by atoms with Gasteiger partial charge in [-0.25, -0.2) is 13.6 Å². The van der Waals surface area contributed by atoms with Crippen LogP contribution in [0.25, 0.3) is 0 Å². The number of anilines is 1. The lowest BCUT2D eigenvalue weighted by Gasteiger charge is -2.06. The number of benzene rings is 1. The molecule has 9 heteroatoms. The number of aromatic nitrogens is 3. The maximum absolute atomic E-state index is 11.2. The summed E-state index contributed by atoms with van der Waals surface area (Å²) in [6.45, 7) is 0. The summed E-state index contributed by atoms with van der Waals surface area (Å²) >= 11 is 1.30. The van der Waals surface area contributed by atoms with Crippen LogP contribution >= 0.6 is 11.8 Å². The fourth-order valence-corrected chi connectivity index (χ4v) is 2.60. The third-order valence-electron chi connectivity index (χ3n) is 2.18. The molecule has 2 rings (SSSR count). The molecule has 7 nitrogen and oxygen atoms in total. The highest BCUT2D eigenvalue weighted by Gasteiger charge is 2.12. The zero-order chi connectivity index (χ0) is 13.3. The first kappa shape index (κ1) is 12.9. The highest BCUT2D eigenvalue weighted by atomic mass is 32.2. The van der Waals surface area contributed by atoms with Crippen LogP contribution in [0, 0.1) is 0 Å². The Hall–Kier alpha value is -1.58. The lowest BCUT2D eigenvalue weighted by atomic mass is 10.3. The quantitative estimate of drug-likeness (QED) is 0.778. The fourth-order valence-electron chi connectivity index (χ4n) is 1.26. The Morgan fingerprint density at radius 2 is 2.11 bits per heavy atom. The first-order valence-electron chi connectivity index (χ1n) is 4.82. The van der Waals surface area contributed by atoms with Crippen molar-refractivity contribution in [3.63, 3.8) is 0 Å². The molecule has 2 aromatic rings. The van der Waals surface area contributed by atoms with E-state index in [-0.39, 0.29) is 4.90 Å². The van der Waals surface area contributed by atoms with Crippen molar-refractivity contribution < 1.29 is 8.42 Å². The van der Waals surface area contributed by atoms with Crippen LogP contribution in [0.3, 0.4) is 0 Å². The summed E-state index contributed by atoms with van der Waals surface area (Å²) in [5.41, 5.74) is 6.11. The number of rotatable bonds is 3. The summed E-state index contributed by atoms with van der Waals surface area (Å²) in [5.74, 6) is 0. The van der Waals surface area contributed by atoms with Gasteiger partial charge in [0.15, 0.2) is 5.16 Å². The molecule has 18 heavy (non-hydrogen) atoms. The Bertz CT molecular complexity index is 680. The van der Waals surface area contributed by atoms with E-state index in [4.69, 9.17) is 10.9 Å². The monoisotopic (exact) mass is 285 g/mol. The Labute approximate surface area is 108 Å². The van der Waals surface area contributed by atoms with Crippen LogP contribution in [0.2, 0.25) is 0 Å². The Balaban J connectivity index is 2.34. The summed E-state index contributed by atoms with van der Waals surface area (Å²) in [5, 5.41) is 13.3. The maximum atomic E-state index is 11.2. The second-order valence-electron chi connectivity index (χ2n) is 3.57. The fraction of sp³-hybridized carbons (Fsp3) is 0.111. The van der Waals surface area contributed by atoms with Crippen molar-refractivity contribution in [2.45, 2.75) is 14.9 Å². The van der Waals surface area contributed by atoms with E-state index in [9.17, 15) is 8.42 Å². The third-order valence-corrected chi connectivity index (χ3v) is 4.24. The van der Waals surface area contributed by atoms with Gasteiger partial charge < -0.3 is 10.3 Å². The normalized spacial score (nSPS) is 11.7. The summed E-state index contributed by atoms with van der Waals surface area (Å²) < 4.78 is 24.0. The van der Waals surface area contributed by atoms with Gasteiger partial charge in [-0.15, -0.1) is 10.2 Å². The number of aryl methyl sites for hydroxylation is 1. The minimum atomic E-state index is -3.73. The van der Waals surface area contributed by atoms with Gasteiger partial charge in [-0.2, -0.15) is 0 Å². The number of primary sulfonamides is 1. The largest absolute Gasteiger partial charge is 0.398 e. The van der Waals surface area contributed by atoms with Gasteiger partial charge in [0, 0.05) is 17.6 Å². The Kier molecular flexibility index (Phi) is 3.28. The molecule has 0 aliphatic rings. The standard InChI is InChI=1S/C9H11N5O2S2/c1-14-5-12-13-9(14)17-8-3-2-6(4-7(8)10)18(11,15)16/h2-5H,10H2,1H3,(H2,11,15,16). The molecular formula is C9H11N5O2S2. The minimum absolute atomic E-state index is 0.0117. The number of hydrogen-bond donors (Lipinski definition) is 2. The highest BCUT2D eigenvalue weighted by molar-refractivity contribution is 7.99. The first-order chi connectivity index (χ1) is 8.38. The van der Waals surface area contributed by atoms with Crippen LogP contribution in [0.15, 0.2) is 39.5 Å². The van der Waals surface area contributed by atoms with Crippen molar-refractivity contribution in [2.75, 3.05) is 5.73 Å². The third kappa shape index (κ3) is 2.63. The van der Waals surface area contributed by atoms with Crippen LogP contribution in [-0.2, 0) is 17.1 Å². The molecule has 0 atom stereocenters. The second kappa shape index (κ2) is 4.59. The molecule has 4 N–H and O–H groups in total. The van der Waals surface area contributed by atoms with Crippen LogP contribution in [-0.4, -0.2) is 23.2 Å². The van der Waals surface area contributed by atoms with Crippen LogP contribution < -0.4 is 10.9 Å². The molecule has 0 aliphatic carbocycles. The van der Waals surface area contributed by atoms with Crippen LogP contribution in [0.4, 0.5) is 5.69 Å². The van der Waals surface area contributed by atoms with E-state index < -0.39 is 10.0 Å². The molecule has 1 heterocycles. The average molecular weight is 285 g/mol. The van der Waals surface area contributed by atoms with Crippen LogP contribution in [0.5, 0.6) is 0 Å². The van der Waals surface area contributed by atoms with Crippen molar-refractivity contribution in [1.82, 2.24) is 14.8 Å². The number of sulfonamides is 1. The van der Waals surface area contributed by atoms with Crippen molar-refractivity contribution >= 4 is 27.5 Å². The molecule has 0 saturated heterocycles. The van der Waals surface area contributed by atoms with Gasteiger partial charge in [0.2, 0.25) is 10.0 Å². The summed E-state index contributed by atoms with van der Waals surface area (Å²) in [7, 11) is -1.93. The molecule has 0 spiro atoms. The van der Waals surface area contributed by atoms with Gasteiger partial charge in [0.05, 0.1) is 4.90 Å². The van der Waals surface area contributed by atoms with Gasteiger partial charge >= 0.3 is 0 Å². The maximum Gasteiger partial charge on any atom is 0.238 e. The van der Waals surface area contributed by atoms with Gasteiger partial charge in [-0.1, -0.05) is 0 Å². The summed E-state index contributed by atoms with van der Waals surface area (Å²) in [6, 6.07) is 4.33. The molecule has 0 saturated carbocycles.